The summed E-state index contributed by atoms with van der Waals surface area (Å²) in [6.07, 6.45) is -2.86. The van der Waals surface area contributed by atoms with Crippen molar-refractivity contribution in [1.82, 2.24) is 4.98 Å². The molecule has 0 saturated carbocycles. The summed E-state index contributed by atoms with van der Waals surface area (Å²) in [5.41, 5.74) is 4.80. The molecular weight excluding hydrogens is 254 g/mol. The van der Waals surface area contributed by atoms with Gasteiger partial charge in [0.25, 0.3) is 6.43 Å². The molecule has 1 aromatic heterocycles. The van der Waals surface area contributed by atoms with E-state index in [4.69, 9.17) is 22.1 Å². The maximum Gasteiger partial charge on any atom is 0.357 e. The average Bonchev–Trinajstić information content (AvgIpc) is 2.28. The van der Waals surface area contributed by atoms with Crippen LogP contribution in [0.2, 0.25) is 5.02 Å². The second-order valence-corrected chi connectivity index (χ2v) is 3.50. The van der Waals surface area contributed by atoms with Crippen LogP contribution in [0.4, 0.5) is 8.78 Å². The minimum atomic E-state index is -2.86. The van der Waals surface area contributed by atoms with Gasteiger partial charge in [-0.3, -0.25) is 0 Å². The second-order valence-electron chi connectivity index (χ2n) is 3.09. The van der Waals surface area contributed by atoms with Gasteiger partial charge in [-0.05, 0) is 13.0 Å². The fourth-order valence-corrected chi connectivity index (χ4v) is 1.48. The number of alkyl halides is 2. The molecule has 0 radical (unpaired) electrons. The van der Waals surface area contributed by atoms with Crippen molar-refractivity contribution in [2.45, 2.75) is 19.9 Å². The number of esters is 1. The van der Waals surface area contributed by atoms with E-state index in [0.717, 1.165) is 0 Å². The highest BCUT2D eigenvalue weighted by atomic mass is 35.5. The van der Waals surface area contributed by atoms with Gasteiger partial charge >= 0.3 is 5.97 Å². The van der Waals surface area contributed by atoms with Crippen molar-refractivity contribution in [2.75, 3.05) is 6.61 Å². The Bertz CT molecular complexity index is 427. The molecule has 0 unspecified atom stereocenters. The summed E-state index contributed by atoms with van der Waals surface area (Å²) in [5.74, 6) is -0.786. The first-order chi connectivity index (χ1) is 8.01. The minimum Gasteiger partial charge on any atom is -0.461 e. The fraction of sp³-hybridized carbons (Fsp3) is 0.400. The maximum absolute atomic E-state index is 12.6. The first-order valence-electron chi connectivity index (χ1n) is 4.85. The van der Waals surface area contributed by atoms with Crippen LogP contribution in [0.3, 0.4) is 0 Å². The molecule has 0 bridgehead atoms. The second kappa shape index (κ2) is 5.88. The first kappa shape index (κ1) is 13.8. The Labute approximate surface area is 102 Å². The van der Waals surface area contributed by atoms with Gasteiger partial charge in [-0.1, -0.05) is 11.6 Å². The third kappa shape index (κ3) is 3.10. The van der Waals surface area contributed by atoms with E-state index >= 15 is 0 Å². The lowest BCUT2D eigenvalue weighted by Gasteiger charge is -2.10. The Morgan fingerprint density at radius 2 is 2.29 bits per heavy atom. The number of carbonyl (C=O) groups is 1. The third-order valence-corrected chi connectivity index (χ3v) is 2.28. The van der Waals surface area contributed by atoms with Gasteiger partial charge in [0.05, 0.1) is 11.6 Å². The van der Waals surface area contributed by atoms with Crippen molar-refractivity contribution in [1.29, 1.82) is 0 Å². The Kier molecular flexibility index (Phi) is 4.77. The lowest BCUT2D eigenvalue weighted by atomic mass is 10.1. The number of hydrogen-bond donors (Lipinski definition) is 1. The standard InChI is InChI=1S/C10H11ClF2N2O2/c1-2-17-10(16)7-5(4-14)3-6(11)8(15-7)9(12)13/h3,9H,2,4,14H2,1H3. The molecule has 4 nitrogen and oxygen atoms in total. The predicted molar refractivity (Wildman–Crippen MR) is 58.1 cm³/mol. The molecule has 2 N–H and O–H groups in total. The SMILES string of the molecule is CCOC(=O)c1nc(C(F)F)c(Cl)cc1CN. The highest BCUT2D eigenvalue weighted by Gasteiger charge is 2.21. The van der Waals surface area contributed by atoms with Crippen LogP contribution >= 0.6 is 11.6 Å². The highest BCUT2D eigenvalue weighted by Crippen LogP contribution is 2.27. The van der Waals surface area contributed by atoms with Gasteiger partial charge in [0.15, 0.2) is 5.69 Å². The van der Waals surface area contributed by atoms with Gasteiger partial charge in [-0.15, -0.1) is 0 Å². The van der Waals surface area contributed by atoms with Gasteiger partial charge in [-0.2, -0.15) is 0 Å². The summed E-state index contributed by atoms with van der Waals surface area (Å²) >= 11 is 5.61. The Morgan fingerprint density at radius 3 is 2.76 bits per heavy atom. The summed E-state index contributed by atoms with van der Waals surface area (Å²) in [4.78, 5) is 15.0. The van der Waals surface area contributed by atoms with Gasteiger partial charge in [0.2, 0.25) is 0 Å². The zero-order valence-corrected chi connectivity index (χ0v) is 9.80. The molecule has 0 saturated heterocycles. The number of hydrogen-bond acceptors (Lipinski definition) is 4. The molecule has 0 aliphatic carbocycles. The van der Waals surface area contributed by atoms with E-state index in [9.17, 15) is 13.6 Å². The maximum atomic E-state index is 12.6. The van der Waals surface area contributed by atoms with Crippen LogP contribution in [0.5, 0.6) is 0 Å². The number of halogens is 3. The quantitative estimate of drug-likeness (QED) is 0.848. The van der Waals surface area contributed by atoms with E-state index in [0.29, 0.717) is 0 Å². The summed E-state index contributed by atoms with van der Waals surface area (Å²) in [7, 11) is 0. The molecule has 94 valence electrons. The average molecular weight is 265 g/mol. The molecule has 0 atom stereocenters. The zero-order chi connectivity index (χ0) is 13.0. The Morgan fingerprint density at radius 1 is 1.65 bits per heavy atom. The smallest absolute Gasteiger partial charge is 0.357 e. The number of rotatable bonds is 4. The summed E-state index contributed by atoms with van der Waals surface area (Å²) in [6, 6.07) is 1.21. The topological polar surface area (TPSA) is 65.2 Å². The molecule has 1 heterocycles. The number of carbonyl (C=O) groups excluding carboxylic acids is 1. The Balaban J connectivity index is 3.26. The van der Waals surface area contributed by atoms with Crippen molar-refractivity contribution in [3.8, 4) is 0 Å². The highest BCUT2D eigenvalue weighted by molar-refractivity contribution is 6.31. The summed E-state index contributed by atoms with van der Waals surface area (Å²) in [5, 5.41) is -0.214. The van der Waals surface area contributed by atoms with E-state index in [-0.39, 0.29) is 29.4 Å². The predicted octanol–water partition coefficient (Wildman–Crippen LogP) is 2.31. The lowest BCUT2D eigenvalue weighted by Crippen LogP contribution is -2.15. The van der Waals surface area contributed by atoms with Gasteiger partial charge in [0.1, 0.15) is 5.69 Å². The number of nitrogens with two attached hydrogens (primary N) is 1. The normalized spacial score (nSPS) is 10.7. The van der Waals surface area contributed by atoms with E-state index in [1.54, 1.807) is 6.92 Å². The molecule has 0 amide bonds. The van der Waals surface area contributed by atoms with E-state index in [1.165, 1.54) is 6.07 Å². The minimum absolute atomic E-state index is 0.0373. The van der Waals surface area contributed by atoms with Gasteiger partial charge < -0.3 is 10.5 Å². The lowest BCUT2D eigenvalue weighted by molar-refractivity contribution is 0.0516. The molecular formula is C10H11ClF2N2O2. The van der Waals surface area contributed by atoms with E-state index in [2.05, 4.69) is 4.98 Å². The number of aromatic nitrogens is 1. The van der Waals surface area contributed by atoms with E-state index in [1.807, 2.05) is 0 Å². The molecule has 0 spiro atoms. The first-order valence-corrected chi connectivity index (χ1v) is 5.23. The van der Waals surface area contributed by atoms with Gasteiger partial charge in [0, 0.05) is 12.1 Å². The van der Waals surface area contributed by atoms with Crippen LogP contribution in [0, 0.1) is 0 Å². The fourth-order valence-electron chi connectivity index (χ4n) is 1.23. The number of pyridine rings is 1. The van der Waals surface area contributed by atoms with Crippen molar-refractivity contribution in [2.24, 2.45) is 5.73 Å². The molecule has 17 heavy (non-hydrogen) atoms. The van der Waals surface area contributed by atoms with Crippen LogP contribution < -0.4 is 5.73 Å². The molecule has 0 aliphatic heterocycles. The van der Waals surface area contributed by atoms with Crippen molar-refractivity contribution < 1.29 is 18.3 Å². The van der Waals surface area contributed by atoms with Crippen LogP contribution in [-0.4, -0.2) is 17.6 Å². The molecule has 0 fully saturated rings. The molecule has 1 rings (SSSR count). The molecule has 0 aliphatic rings. The summed E-state index contributed by atoms with van der Waals surface area (Å²) < 4.78 is 29.8. The van der Waals surface area contributed by atoms with E-state index < -0.39 is 18.1 Å². The molecule has 7 heteroatoms. The summed E-state index contributed by atoms with van der Waals surface area (Å²) in [6.45, 7) is 1.69. The number of nitrogens with zero attached hydrogens (tertiary/aromatic N) is 1. The molecule has 0 aromatic carbocycles. The largest absolute Gasteiger partial charge is 0.461 e. The van der Waals surface area contributed by atoms with Crippen LogP contribution in [0.25, 0.3) is 0 Å². The zero-order valence-electron chi connectivity index (χ0n) is 9.04. The van der Waals surface area contributed by atoms with Gasteiger partial charge in [-0.25, -0.2) is 18.6 Å². The van der Waals surface area contributed by atoms with Crippen LogP contribution in [0.1, 0.15) is 35.1 Å². The van der Waals surface area contributed by atoms with Crippen LogP contribution in [0.15, 0.2) is 6.07 Å². The monoisotopic (exact) mass is 264 g/mol. The molecule has 1 aromatic rings. The van der Waals surface area contributed by atoms with Crippen molar-refractivity contribution in [3.63, 3.8) is 0 Å². The van der Waals surface area contributed by atoms with Crippen LogP contribution in [-0.2, 0) is 11.3 Å². The number of ether oxygens (including phenoxy) is 1. The van der Waals surface area contributed by atoms with Crippen molar-refractivity contribution >= 4 is 17.6 Å². The third-order valence-electron chi connectivity index (χ3n) is 1.98. The van der Waals surface area contributed by atoms with Crippen molar-refractivity contribution in [3.05, 3.63) is 28.0 Å². The Hall–Kier alpha value is -1.27.